The zero-order chi connectivity index (χ0) is 20.1. The molecular formula is C22H23FN4O2. The van der Waals surface area contributed by atoms with Crippen molar-refractivity contribution in [2.75, 3.05) is 44.2 Å². The number of hydrogen-bond donors (Lipinski definition) is 1. The number of aromatic nitrogens is 1. The van der Waals surface area contributed by atoms with Crippen LogP contribution < -0.4 is 10.2 Å². The molecule has 1 amide bonds. The highest BCUT2D eigenvalue weighted by atomic mass is 19.1. The number of hydrogen-bond acceptors (Lipinski definition) is 5. The molecule has 3 aromatic rings. The van der Waals surface area contributed by atoms with E-state index in [0.29, 0.717) is 6.54 Å². The largest absolute Gasteiger partial charge is 0.369 e. The topological polar surface area (TPSA) is 61.6 Å². The van der Waals surface area contributed by atoms with Crippen LogP contribution in [0.5, 0.6) is 0 Å². The zero-order valence-electron chi connectivity index (χ0n) is 16.1. The van der Waals surface area contributed by atoms with Gasteiger partial charge in [0.15, 0.2) is 11.5 Å². The van der Waals surface area contributed by atoms with Crippen LogP contribution in [0.2, 0.25) is 0 Å². The van der Waals surface area contributed by atoms with Gasteiger partial charge in [0.1, 0.15) is 5.82 Å². The third-order valence-corrected chi connectivity index (χ3v) is 5.09. The van der Waals surface area contributed by atoms with Crippen molar-refractivity contribution < 1.29 is 13.7 Å². The van der Waals surface area contributed by atoms with Gasteiger partial charge in [-0.15, -0.1) is 0 Å². The molecule has 0 spiro atoms. The molecule has 7 heteroatoms. The van der Waals surface area contributed by atoms with E-state index in [4.69, 9.17) is 4.52 Å². The van der Waals surface area contributed by atoms with Crippen LogP contribution in [0.3, 0.4) is 0 Å². The molecule has 0 saturated carbocycles. The number of halogens is 1. The van der Waals surface area contributed by atoms with Gasteiger partial charge in [-0.25, -0.2) is 4.39 Å². The summed E-state index contributed by atoms with van der Waals surface area (Å²) in [6.45, 7) is 5.12. The number of rotatable bonds is 6. The van der Waals surface area contributed by atoms with Gasteiger partial charge in [-0.3, -0.25) is 9.69 Å². The number of anilines is 1. The van der Waals surface area contributed by atoms with Crippen LogP contribution in [-0.4, -0.2) is 55.2 Å². The van der Waals surface area contributed by atoms with Gasteiger partial charge in [-0.1, -0.05) is 35.5 Å². The van der Waals surface area contributed by atoms with E-state index < -0.39 is 5.82 Å². The lowest BCUT2D eigenvalue weighted by molar-refractivity contribution is 0.0939. The summed E-state index contributed by atoms with van der Waals surface area (Å²) in [5.41, 5.74) is 1.68. The fraction of sp³-hybridized carbons (Fsp3) is 0.273. The second kappa shape index (κ2) is 8.87. The van der Waals surface area contributed by atoms with Crippen LogP contribution in [-0.2, 0) is 0 Å². The quantitative estimate of drug-likeness (QED) is 0.696. The molecule has 0 radical (unpaired) electrons. The Labute approximate surface area is 168 Å². The number of carbonyl (C=O) groups excluding carboxylic acids is 1. The van der Waals surface area contributed by atoms with Gasteiger partial charge in [0, 0.05) is 51.0 Å². The van der Waals surface area contributed by atoms with Crippen LogP contribution >= 0.6 is 0 Å². The minimum Gasteiger partial charge on any atom is -0.369 e. The lowest BCUT2D eigenvalue weighted by Crippen LogP contribution is -2.48. The number of amides is 1. The third kappa shape index (κ3) is 4.63. The first-order chi connectivity index (χ1) is 14.2. The second-order valence-electron chi connectivity index (χ2n) is 6.98. The summed E-state index contributed by atoms with van der Waals surface area (Å²) >= 11 is 0. The van der Waals surface area contributed by atoms with E-state index in [2.05, 4.69) is 44.5 Å². The number of para-hydroxylation sites is 1. The van der Waals surface area contributed by atoms with E-state index in [9.17, 15) is 9.18 Å². The highest BCUT2D eigenvalue weighted by Crippen LogP contribution is 2.23. The fourth-order valence-corrected chi connectivity index (χ4v) is 3.46. The normalized spacial score (nSPS) is 14.7. The SMILES string of the molecule is O=C(NCCN1CCN(c2ccccc2)CC1)c1cc(-c2ccccc2F)on1. The van der Waals surface area contributed by atoms with Crippen molar-refractivity contribution in [2.24, 2.45) is 0 Å². The molecule has 2 aromatic carbocycles. The summed E-state index contributed by atoms with van der Waals surface area (Å²) in [5.74, 6) is -0.491. The van der Waals surface area contributed by atoms with E-state index in [1.807, 2.05) is 6.07 Å². The lowest BCUT2D eigenvalue weighted by Gasteiger charge is -2.36. The van der Waals surface area contributed by atoms with Crippen LogP contribution in [0.25, 0.3) is 11.3 Å². The lowest BCUT2D eigenvalue weighted by atomic mass is 10.1. The molecule has 1 aliphatic rings. The Morgan fingerprint density at radius 2 is 1.76 bits per heavy atom. The van der Waals surface area contributed by atoms with E-state index in [1.165, 1.54) is 17.8 Å². The minimum atomic E-state index is -0.412. The first-order valence-electron chi connectivity index (χ1n) is 9.73. The van der Waals surface area contributed by atoms with Crippen molar-refractivity contribution in [2.45, 2.75) is 0 Å². The molecule has 1 aliphatic heterocycles. The van der Waals surface area contributed by atoms with Crippen molar-refractivity contribution in [1.82, 2.24) is 15.4 Å². The molecular weight excluding hydrogens is 371 g/mol. The molecule has 4 rings (SSSR count). The Bertz CT molecular complexity index is 952. The smallest absolute Gasteiger partial charge is 0.273 e. The monoisotopic (exact) mass is 394 g/mol. The standard InChI is InChI=1S/C22H23FN4O2/c23-19-9-5-4-8-18(19)21-16-20(25-29-21)22(28)24-10-11-26-12-14-27(15-13-26)17-6-2-1-3-7-17/h1-9,16H,10-15H2,(H,24,28). The summed E-state index contributed by atoms with van der Waals surface area (Å²) < 4.78 is 19.0. The molecule has 0 aliphatic carbocycles. The molecule has 2 heterocycles. The summed E-state index contributed by atoms with van der Waals surface area (Å²) in [4.78, 5) is 17.0. The minimum absolute atomic E-state index is 0.150. The fourth-order valence-electron chi connectivity index (χ4n) is 3.46. The van der Waals surface area contributed by atoms with Crippen molar-refractivity contribution in [1.29, 1.82) is 0 Å². The van der Waals surface area contributed by atoms with Crippen LogP contribution in [0, 0.1) is 5.82 Å². The van der Waals surface area contributed by atoms with Crippen LogP contribution in [0.1, 0.15) is 10.5 Å². The molecule has 6 nitrogen and oxygen atoms in total. The van der Waals surface area contributed by atoms with Gasteiger partial charge in [0.2, 0.25) is 0 Å². The van der Waals surface area contributed by atoms with Crippen LogP contribution in [0.15, 0.2) is 65.2 Å². The Morgan fingerprint density at radius 3 is 2.52 bits per heavy atom. The number of piperazine rings is 1. The van der Waals surface area contributed by atoms with Crippen molar-refractivity contribution in [3.8, 4) is 11.3 Å². The van der Waals surface area contributed by atoms with Crippen molar-refractivity contribution in [3.63, 3.8) is 0 Å². The van der Waals surface area contributed by atoms with E-state index in [0.717, 1.165) is 32.7 Å². The summed E-state index contributed by atoms with van der Waals surface area (Å²) in [6.07, 6.45) is 0. The Hall–Kier alpha value is -3.19. The highest BCUT2D eigenvalue weighted by Gasteiger charge is 2.18. The molecule has 0 unspecified atom stereocenters. The van der Waals surface area contributed by atoms with Crippen LogP contribution in [0.4, 0.5) is 10.1 Å². The maximum atomic E-state index is 13.8. The predicted molar refractivity (Wildman–Crippen MR) is 109 cm³/mol. The molecule has 150 valence electrons. The Balaban J connectivity index is 1.23. The highest BCUT2D eigenvalue weighted by molar-refractivity contribution is 5.93. The van der Waals surface area contributed by atoms with Crippen molar-refractivity contribution >= 4 is 11.6 Å². The van der Waals surface area contributed by atoms with Gasteiger partial charge in [0.25, 0.3) is 5.91 Å². The summed E-state index contributed by atoms with van der Waals surface area (Å²) in [5, 5.41) is 6.63. The van der Waals surface area contributed by atoms with E-state index in [1.54, 1.807) is 18.2 Å². The van der Waals surface area contributed by atoms with E-state index in [-0.39, 0.29) is 22.9 Å². The molecule has 1 aromatic heterocycles. The Morgan fingerprint density at radius 1 is 1.03 bits per heavy atom. The summed E-state index contributed by atoms with van der Waals surface area (Å²) in [6, 6.07) is 18.1. The molecule has 0 bridgehead atoms. The predicted octanol–water partition coefficient (Wildman–Crippen LogP) is 3.03. The summed E-state index contributed by atoms with van der Waals surface area (Å²) in [7, 11) is 0. The van der Waals surface area contributed by atoms with Gasteiger partial charge >= 0.3 is 0 Å². The first-order valence-corrected chi connectivity index (χ1v) is 9.73. The molecule has 0 atom stereocenters. The van der Waals surface area contributed by atoms with Gasteiger partial charge in [0.05, 0.1) is 5.56 Å². The van der Waals surface area contributed by atoms with Gasteiger partial charge in [-0.2, -0.15) is 0 Å². The average molecular weight is 394 g/mol. The van der Waals surface area contributed by atoms with Gasteiger partial charge in [-0.05, 0) is 24.3 Å². The number of nitrogens with one attached hydrogen (secondary N) is 1. The first kappa shape index (κ1) is 19.1. The number of benzene rings is 2. The molecule has 1 N–H and O–H groups in total. The third-order valence-electron chi connectivity index (χ3n) is 5.09. The maximum Gasteiger partial charge on any atom is 0.273 e. The molecule has 29 heavy (non-hydrogen) atoms. The number of nitrogens with zero attached hydrogens (tertiary/aromatic N) is 3. The Kier molecular flexibility index (Phi) is 5.86. The average Bonchev–Trinajstić information content (AvgIpc) is 3.25. The molecule has 1 saturated heterocycles. The second-order valence-corrected chi connectivity index (χ2v) is 6.98. The van der Waals surface area contributed by atoms with Crippen molar-refractivity contribution in [3.05, 3.63) is 72.2 Å². The zero-order valence-corrected chi connectivity index (χ0v) is 16.1. The van der Waals surface area contributed by atoms with E-state index >= 15 is 0 Å². The van der Waals surface area contributed by atoms with Gasteiger partial charge < -0.3 is 14.7 Å². The maximum absolute atomic E-state index is 13.8. The number of carbonyl (C=O) groups is 1. The molecule has 1 fully saturated rings.